The maximum Gasteiger partial charge on any atom is 0.256 e. The second-order valence-electron chi connectivity index (χ2n) is 7.53. The highest BCUT2D eigenvalue weighted by molar-refractivity contribution is 7.99. The minimum atomic E-state index is -0.693. The van der Waals surface area contributed by atoms with Gasteiger partial charge in [0.05, 0.1) is 12.8 Å². The van der Waals surface area contributed by atoms with E-state index in [9.17, 15) is 14.4 Å². The summed E-state index contributed by atoms with van der Waals surface area (Å²) in [6.07, 6.45) is 1.54. The van der Waals surface area contributed by atoms with Gasteiger partial charge in [0, 0.05) is 11.3 Å². The molecule has 2 aliphatic rings. The second kappa shape index (κ2) is 7.94. The van der Waals surface area contributed by atoms with Gasteiger partial charge in [-0.1, -0.05) is 32.0 Å². The van der Waals surface area contributed by atoms with Crippen LogP contribution in [0.1, 0.15) is 40.9 Å². The smallest absolute Gasteiger partial charge is 0.256 e. The van der Waals surface area contributed by atoms with Crippen LogP contribution in [0.4, 0.5) is 0 Å². The van der Waals surface area contributed by atoms with Gasteiger partial charge in [0.25, 0.3) is 5.91 Å². The minimum Gasteiger partial charge on any atom is -0.467 e. The molecule has 2 aliphatic heterocycles. The summed E-state index contributed by atoms with van der Waals surface area (Å²) >= 11 is 1.58. The van der Waals surface area contributed by atoms with Gasteiger partial charge in [-0.25, -0.2) is 0 Å². The van der Waals surface area contributed by atoms with Crippen molar-refractivity contribution in [1.82, 2.24) is 15.5 Å². The van der Waals surface area contributed by atoms with Crippen LogP contribution in [0, 0.1) is 5.92 Å². The normalized spacial score (nSPS) is 21.1. The molecule has 7 nitrogen and oxygen atoms in total. The Hall–Kier alpha value is -2.74. The van der Waals surface area contributed by atoms with Gasteiger partial charge in [-0.3, -0.25) is 14.4 Å². The Bertz CT molecular complexity index is 928. The van der Waals surface area contributed by atoms with Crippen molar-refractivity contribution in [2.24, 2.45) is 5.92 Å². The lowest BCUT2D eigenvalue weighted by Crippen LogP contribution is -2.55. The minimum absolute atomic E-state index is 0.105. The molecule has 4 rings (SSSR count). The lowest BCUT2D eigenvalue weighted by atomic mass is 10.0. The summed E-state index contributed by atoms with van der Waals surface area (Å²) in [5.41, 5.74) is 1.61. The Labute approximate surface area is 173 Å². The highest BCUT2D eigenvalue weighted by Gasteiger charge is 2.48. The van der Waals surface area contributed by atoms with Gasteiger partial charge >= 0.3 is 0 Å². The molecule has 2 N–H and O–H groups in total. The number of rotatable bonds is 6. The first kappa shape index (κ1) is 19.6. The van der Waals surface area contributed by atoms with Crippen molar-refractivity contribution in [2.45, 2.75) is 37.8 Å². The number of hydrogen-bond donors (Lipinski definition) is 2. The predicted octanol–water partition coefficient (Wildman–Crippen LogP) is 2.31. The fraction of sp³-hybridized carbons (Fsp3) is 0.381. The molecule has 29 heavy (non-hydrogen) atoms. The zero-order chi connectivity index (χ0) is 20.5. The standard InChI is InChI=1S/C21H23N3O4S/c1-12(2)17(19(26)22-10-13-6-5-9-28-13)23-18(25)16-11-29-21-15-8-4-3-7-14(15)20(27)24(16)21/h3-9,12,16-17,21H,10-11H2,1-2H3,(H,22,26)(H,23,25)/t16-,17-,21?/m0/s1. The van der Waals surface area contributed by atoms with Gasteiger partial charge < -0.3 is 20.0 Å². The van der Waals surface area contributed by atoms with Crippen molar-refractivity contribution in [3.05, 3.63) is 59.5 Å². The van der Waals surface area contributed by atoms with Crippen molar-refractivity contribution in [2.75, 3.05) is 5.75 Å². The van der Waals surface area contributed by atoms with Gasteiger partial charge in [-0.2, -0.15) is 0 Å². The highest BCUT2D eigenvalue weighted by atomic mass is 32.2. The number of carbonyl (C=O) groups excluding carboxylic acids is 3. The van der Waals surface area contributed by atoms with Crippen molar-refractivity contribution in [3.63, 3.8) is 0 Å². The fourth-order valence-corrected chi connectivity index (χ4v) is 5.19. The Morgan fingerprint density at radius 3 is 2.76 bits per heavy atom. The number of furan rings is 1. The molecule has 2 aromatic rings. The third kappa shape index (κ3) is 3.64. The van der Waals surface area contributed by atoms with Crippen LogP contribution in [0.5, 0.6) is 0 Å². The SMILES string of the molecule is CC(C)[C@H](NC(=O)[C@@H]1CSC2c3ccccc3C(=O)N21)C(=O)NCc1ccco1. The van der Waals surface area contributed by atoms with E-state index in [1.165, 1.54) is 0 Å². The summed E-state index contributed by atoms with van der Waals surface area (Å²) in [5.74, 6) is 0.347. The van der Waals surface area contributed by atoms with E-state index in [0.29, 0.717) is 17.1 Å². The largest absolute Gasteiger partial charge is 0.467 e. The Morgan fingerprint density at radius 1 is 1.24 bits per heavy atom. The number of hydrogen-bond acceptors (Lipinski definition) is 5. The van der Waals surface area contributed by atoms with Crippen LogP contribution in [0.25, 0.3) is 0 Å². The predicted molar refractivity (Wildman–Crippen MR) is 109 cm³/mol. The summed E-state index contributed by atoms with van der Waals surface area (Å²) < 4.78 is 5.23. The van der Waals surface area contributed by atoms with Crippen molar-refractivity contribution in [3.8, 4) is 0 Å². The monoisotopic (exact) mass is 413 g/mol. The molecule has 0 aliphatic carbocycles. The van der Waals surface area contributed by atoms with Crippen molar-refractivity contribution >= 4 is 29.5 Å². The molecular formula is C21H23N3O4S. The number of carbonyl (C=O) groups is 3. The summed E-state index contributed by atoms with van der Waals surface area (Å²) in [6.45, 7) is 4.01. The maximum absolute atomic E-state index is 13.0. The van der Waals surface area contributed by atoms with Crippen LogP contribution in [-0.2, 0) is 16.1 Å². The Morgan fingerprint density at radius 2 is 2.03 bits per heavy atom. The topological polar surface area (TPSA) is 91.7 Å². The third-order valence-electron chi connectivity index (χ3n) is 5.26. The van der Waals surface area contributed by atoms with Crippen LogP contribution in [0.3, 0.4) is 0 Å². The summed E-state index contributed by atoms with van der Waals surface area (Å²) in [5, 5.41) is 5.52. The first-order chi connectivity index (χ1) is 14.0. The molecule has 3 atom stereocenters. The third-order valence-corrected chi connectivity index (χ3v) is 6.56. The lowest BCUT2D eigenvalue weighted by Gasteiger charge is -2.27. The van der Waals surface area contributed by atoms with Crippen LogP contribution in [0.15, 0.2) is 47.1 Å². The van der Waals surface area contributed by atoms with Crippen molar-refractivity contribution in [1.29, 1.82) is 0 Å². The summed E-state index contributed by atoms with van der Waals surface area (Å²) in [6, 6.07) is 9.71. The molecule has 1 aromatic carbocycles. The van der Waals surface area contributed by atoms with E-state index in [1.54, 1.807) is 41.1 Å². The Balaban J connectivity index is 1.43. The zero-order valence-corrected chi connectivity index (χ0v) is 17.1. The summed E-state index contributed by atoms with van der Waals surface area (Å²) in [7, 11) is 0. The fourth-order valence-electron chi connectivity index (χ4n) is 3.72. The van der Waals surface area contributed by atoms with E-state index >= 15 is 0 Å². The molecule has 152 valence electrons. The number of benzene rings is 1. The molecule has 1 fully saturated rings. The molecule has 0 saturated carbocycles. The molecule has 0 spiro atoms. The van der Waals surface area contributed by atoms with Gasteiger partial charge in [-0.05, 0) is 29.7 Å². The number of nitrogens with one attached hydrogen (secondary N) is 2. The van der Waals surface area contributed by atoms with E-state index in [2.05, 4.69) is 10.6 Å². The molecule has 1 unspecified atom stereocenters. The van der Waals surface area contributed by atoms with Gasteiger partial charge in [0.2, 0.25) is 11.8 Å². The van der Waals surface area contributed by atoms with Crippen molar-refractivity contribution < 1.29 is 18.8 Å². The van der Waals surface area contributed by atoms with E-state index in [-0.39, 0.29) is 35.6 Å². The number of fused-ring (bicyclic) bond motifs is 3. The summed E-state index contributed by atoms with van der Waals surface area (Å²) in [4.78, 5) is 40.1. The van der Waals surface area contributed by atoms with Gasteiger partial charge in [0.1, 0.15) is 23.2 Å². The molecule has 0 radical (unpaired) electrons. The van der Waals surface area contributed by atoms with Gasteiger partial charge in [0.15, 0.2) is 0 Å². The molecule has 0 bridgehead atoms. The van der Waals surface area contributed by atoms with E-state index in [0.717, 1.165) is 5.56 Å². The molecule has 1 saturated heterocycles. The maximum atomic E-state index is 13.0. The second-order valence-corrected chi connectivity index (χ2v) is 8.64. The lowest BCUT2D eigenvalue weighted by molar-refractivity contribution is -0.132. The average Bonchev–Trinajstić information content (AvgIpc) is 3.43. The van der Waals surface area contributed by atoms with Gasteiger partial charge in [-0.15, -0.1) is 11.8 Å². The Kier molecular flexibility index (Phi) is 5.36. The number of amides is 3. The first-order valence-corrected chi connectivity index (χ1v) is 10.7. The average molecular weight is 413 g/mol. The molecule has 3 amide bonds. The molecule has 8 heteroatoms. The molecule has 3 heterocycles. The van der Waals surface area contributed by atoms with Crippen LogP contribution in [-0.4, -0.2) is 40.5 Å². The van der Waals surface area contributed by atoms with Crippen LogP contribution < -0.4 is 10.6 Å². The number of thioether (sulfide) groups is 1. The quantitative estimate of drug-likeness (QED) is 0.758. The molecular weight excluding hydrogens is 390 g/mol. The number of nitrogens with zero attached hydrogens (tertiary/aromatic N) is 1. The first-order valence-electron chi connectivity index (χ1n) is 9.61. The van der Waals surface area contributed by atoms with E-state index in [4.69, 9.17) is 4.42 Å². The zero-order valence-electron chi connectivity index (χ0n) is 16.3. The highest BCUT2D eigenvalue weighted by Crippen LogP contribution is 2.48. The van der Waals surface area contributed by atoms with E-state index in [1.807, 2.05) is 32.0 Å². The van der Waals surface area contributed by atoms with Crippen LogP contribution in [0.2, 0.25) is 0 Å². The van der Waals surface area contributed by atoms with E-state index < -0.39 is 12.1 Å². The van der Waals surface area contributed by atoms with Crippen LogP contribution >= 0.6 is 11.8 Å². The molecule has 1 aromatic heterocycles.